The third kappa shape index (κ3) is 93.6. The van der Waals surface area contributed by atoms with Gasteiger partial charge in [0, 0.05) is 17.3 Å². The van der Waals surface area contributed by atoms with Crippen molar-refractivity contribution < 1.29 is 24.9 Å². The second-order valence-corrected chi connectivity index (χ2v) is 3.91. The van der Waals surface area contributed by atoms with Gasteiger partial charge in [-0.05, 0) is 0 Å². The SMILES string of the molecule is C=CCS.O=C(O)CCS.O=C(O)CS.OCCS. The molecular weight excluding hydrogens is 328 g/mol. The number of carboxylic acids is 2. The molecule has 0 aromatic carbocycles. The maximum atomic E-state index is 9.55. The summed E-state index contributed by atoms with van der Waals surface area (Å²) in [5, 5.41) is 23.3. The van der Waals surface area contributed by atoms with Gasteiger partial charge in [0.1, 0.15) is 0 Å². The van der Waals surface area contributed by atoms with Gasteiger partial charge < -0.3 is 15.3 Å². The molecule has 0 amide bonds. The minimum Gasteiger partial charge on any atom is -0.481 e. The van der Waals surface area contributed by atoms with E-state index >= 15 is 0 Å². The van der Waals surface area contributed by atoms with Crippen molar-refractivity contribution in [1.29, 1.82) is 0 Å². The van der Waals surface area contributed by atoms with E-state index in [2.05, 4.69) is 57.1 Å². The number of hydrogen-bond donors (Lipinski definition) is 7. The van der Waals surface area contributed by atoms with E-state index in [4.69, 9.17) is 15.3 Å². The van der Waals surface area contributed by atoms with Crippen LogP contribution in [0.1, 0.15) is 6.42 Å². The third-order valence-electron chi connectivity index (χ3n) is 0.690. The highest BCUT2D eigenvalue weighted by atomic mass is 32.1. The van der Waals surface area contributed by atoms with Gasteiger partial charge in [-0.25, -0.2) is 0 Å². The summed E-state index contributed by atoms with van der Waals surface area (Å²) in [6, 6.07) is 0. The molecule has 0 unspecified atom stereocenters. The summed E-state index contributed by atoms with van der Waals surface area (Å²) in [5.41, 5.74) is 0. The van der Waals surface area contributed by atoms with Gasteiger partial charge in [-0.3, -0.25) is 9.59 Å². The predicted molar refractivity (Wildman–Crippen MR) is 92.6 cm³/mol. The van der Waals surface area contributed by atoms with Gasteiger partial charge in [0.05, 0.1) is 18.8 Å². The van der Waals surface area contributed by atoms with E-state index < -0.39 is 11.9 Å². The molecule has 0 heterocycles. The summed E-state index contributed by atoms with van der Waals surface area (Å²) >= 11 is 14.6. The van der Waals surface area contributed by atoms with Gasteiger partial charge in [0.25, 0.3) is 0 Å². The van der Waals surface area contributed by atoms with Crippen molar-refractivity contribution in [1.82, 2.24) is 0 Å². The molecule has 0 aromatic heterocycles. The lowest BCUT2D eigenvalue weighted by Gasteiger charge is -1.79. The summed E-state index contributed by atoms with van der Waals surface area (Å²) in [6.07, 6.45) is 1.90. The molecule has 0 aliphatic rings. The van der Waals surface area contributed by atoms with Gasteiger partial charge in [-0.1, -0.05) is 6.08 Å². The zero-order chi connectivity index (χ0) is 16.1. The molecular formula is C10H22O5S4. The van der Waals surface area contributed by atoms with Crippen molar-refractivity contribution in [2.75, 3.05) is 29.6 Å². The van der Waals surface area contributed by atoms with E-state index in [1.807, 2.05) is 0 Å². The van der Waals surface area contributed by atoms with E-state index in [1.54, 1.807) is 6.08 Å². The highest BCUT2D eigenvalue weighted by Gasteiger charge is 1.88. The second kappa shape index (κ2) is 30.8. The van der Waals surface area contributed by atoms with Crippen LogP contribution < -0.4 is 0 Å². The molecule has 0 aliphatic heterocycles. The maximum Gasteiger partial charge on any atom is 0.313 e. The Balaban J connectivity index is -0.0000000803. The van der Waals surface area contributed by atoms with Crippen LogP contribution in [0.2, 0.25) is 0 Å². The predicted octanol–water partition coefficient (Wildman–Crippen LogP) is 1.40. The first-order chi connectivity index (χ1) is 8.87. The Hall–Kier alpha value is 0.0400. The molecule has 0 saturated carbocycles. The monoisotopic (exact) mass is 350 g/mol. The van der Waals surface area contributed by atoms with Crippen LogP contribution >= 0.6 is 50.5 Å². The van der Waals surface area contributed by atoms with E-state index in [0.29, 0.717) is 11.5 Å². The smallest absolute Gasteiger partial charge is 0.313 e. The highest BCUT2D eigenvalue weighted by Crippen LogP contribution is 1.79. The number of hydrogen-bond acceptors (Lipinski definition) is 7. The van der Waals surface area contributed by atoms with Crippen LogP contribution in [0.15, 0.2) is 12.7 Å². The Bertz CT molecular complexity index is 200. The van der Waals surface area contributed by atoms with E-state index in [9.17, 15) is 9.59 Å². The first-order valence-electron chi connectivity index (χ1n) is 4.96. The van der Waals surface area contributed by atoms with E-state index in [1.165, 1.54) is 0 Å². The number of carbonyl (C=O) groups is 2. The van der Waals surface area contributed by atoms with Crippen LogP contribution in [0.3, 0.4) is 0 Å². The summed E-state index contributed by atoms with van der Waals surface area (Å²) in [5.74, 6) is 0.0216. The number of rotatable bonds is 5. The van der Waals surface area contributed by atoms with Crippen molar-refractivity contribution in [3.8, 4) is 0 Å². The number of aliphatic carboxylic acids is 2. The van der Waals surface area contributed by atoms with Crippen LogP contribution in [0.4, 0.5) is 0 Å². The number of aliphatic hydroxyl groups is 1. The Labute approximate surface area is 136 Å². The Morgan fingerprint density at radius 3 is 1.32 bits per heavy atom. The average molecular weight is 351 g/mol. The average Bonchev–Trinajstić information content (AvgIpc) is 2.39. The van der Waals surface area contributed by atoms with Gasteiger partial charge in [-0.15, -0.1) is 6.58 Å². The van der Waals surface area contributed by atoms with E-state index in [0.717, 1.165) is 5.75 Å². The van der Waals surface area contributed by atoms with Crippen LogP contribution in [0.5, 0.6) is 0 Å². The second-order valence-electron chi connectivity index (χ2n) is 2.34. The molecule has 9 heteroatoms. The molecule has 0 fully saturated rings. The van der Waals surface area contributed by atoms with Crippen LogP contribution in [0, 0.1) is 0 Å². The van der Waals surface area contributed by atoms with Crippen molar-refractivity contribution in [2.45, 2.75) is 6.42 Å². The minimum atomic E-state index is -0.881. The normalized spacial score (nSPS) is 7.42. The lowest BCUT2D eigenvalue weighted by Crippen LogP contribution is -1.93. The van der Waals surface area contributed by atoms with E-state index in [-0.39, 0.29) is 18.8 Å². The standard InChI is InChI=1S/C3H6O2S.C3H6S.C2H4O2S.C2H6OS/c4-3(5)1-2-6;1-2-3-4;3-2(4)1-5;3-1-2-4/h6H,1-2H2,(H,4,5);2,4H,1,3H2;5H,1H2,(H,3,4);3-4H,1-2H2. The molecule has 5 nitrogen and oxygen atoms in total. The Morgan fingerprint density at radius 2 is 1.32 bits per heavy atom. The third-order valence-corrected chi connectivity index (χ3v) is 1.64. The fourth-order valence-corrected chi connectivity index (χ4v) is 0.287. The van der Waals surface area contributed by atoms with Crippen LogP contribution in [-0.4, -0.2) is 56.9 Å². The lowest BCUT2D eigenvalue weighted by atomic mass is 10.5. The topological polar surface area (TPSA) is 94.8 Å². The first kappa shape index (κ1) is 27.4. The van der Waals surface area contributed by atoms with Crippen molar-refractivity contribution in [3.05, 3.63) is 12.7 Å². The minimum absolute atomic E-state index is 0.0833. The van der Waals surface area contributed by atoms with Gasteiger partial charge in [-0.2, -0.15) is 50.5 Å². The molecule has 0 spiro atoms. The summed E-state index contributed by atoms with van der Waals surface area (Å²) in [4.78, 5) is 18.8. The lowest BCUT2D eigenvalue weighted by molar-refractivity contribution is -0.136. The molecule has 3 N–H and O–H groups in total. The first-order valence-corrected chi connectivity index (χ1v) is 7.49. The van der Waals surface area contributed by atoms with Gasteiger partial charge in [0.2, 0.25) is 0 Å². The highest BCUT2D eigenvalue weighted by molar-refractivity contribution is 7.81. The largest absolute Gasteiger partial charge is 0.481 e. The van der Waals surface area contributed by atoms with Crippen LogP contribution in [0.25, 0.3) is 0 Å². The summed E-state index contributed by atoms with van der Waals surface area (Å²) < 4.78 is 0. The quantitative estimate of drug-likeness (QED) is 0.301. The molecule has 0 atom stereocenters. The molecule has 19 heavy (non-hydrogen) atoms. The molecule has 0 bridgehead atoms. The van der Waals surface area contributed by atoms with Crippen molar-refractivity contribution >= 4 is 62.5 Å². The van der Waals surface area contributed by atoms with Crippen molar-refractivity contribution in [2.24, 2.45) is 0 Å². The number of thiol groups is 4. The summed E-state index contributed by atoms with van der Waals surface area (Å²) in [6.45, 7) is 3.59. The fraction of sp³-hybridized carbons (Fsp3) is 0.600. The fourth-order valence-electron chi connectivity index (χ4n) is 0.0956. The summed E-state index contributed by atoms with van der Waals surface area (Å²) in [7, 11) is 0. The van der Waals surface area contributed by atoms with Crippen LogP contribution in [-0.2, 0) is 9.59 Å². The number of aliphatic hydroxyl groups excluding tert-OH is 1. The molecule has 0 aliphatic carbocycles. The maximum absolute atomic E-state index is 9.55. The Morgan fingerprint density at radius 1 is 1.00 bits per heavy atom. The van der Waals surface area contributed by atoms with Gasteiger partial charge >= 0.3 is 11.9 Å². The van der Waals surface area contributed by atoms with Crippen molar-refractivity contribution in [3.63, 3.8) is 0 Å². The molecule has 0 rings (SSSR count). The zero-order valence-electron chi connectivity index (χ0n) is 10.5. The Kier molecular flexibility index (Phi) is 44.4. The molecule has 116 valence electrons. The number of carboxylic acid groups (broad SMARTS) is 2. The van der Waals surface area contributed by atoms with Gasteiger partial charge in [0.15, 0.2) is 0 Å². The molecule has 0 saturated heterocycles. The zero-order valence-corrected chi connectivity index (χ0v) is 14.1. The molecule has 0 radical (unpaired) electrons. The molecule has 0 aromatic rings.